The van der Waals surface area contributed by atoms with E-state index in [-0.39, 0.29) is 0 Å². The molecule has 0 unspecified atom stereocenters. The Labute approximate surface area is 173 Å². The Hall–Kier alpha value is -2.15. The highest BCUT2D eigenvalue weighted by molar-refractivity contribution is 5.93. The molecule has 0 bridgehead atoms. The van der Waals surface area contributed by atoms with E-state index in [4.69, 9.17) is 15.6 Å². The number of hydrogen-bond donors (Lipinski definition) is 2. The number of hydrazine groups is 1. The Bertz CT molecular complexity index is 855. The maximum Gasteiger partial charge on any atom is 0.137 e. The smallest absolute Gasteiger partial charge is 0.137 e. The molecule has 0 spiro atoms. The van der Waals surface area contributed by atoms with E-state index >= 15 is 0 Å². The van der Waals surface area contributed by atoms with Crippen molar-refractivity contribution in [3.05, 3.63) is 48.4 Å². The molecule has 2 aromatic heterocycles. The highest BCUT2D eigenvalue weighted by Gasteiger charge is 2.27. The predicted octanol–water partition coefficient (Wildman–Crippen LogP) is 3.64. The van der Waals surface area contributed by atoms with Gasteiger partial charge >= 0.3 is 0 Å². The lowest BCUT2D eigenvalue weighted by molar-refractivity contribution is 0.118. The van der Waals surface area contributed by atoms with Crippen molar-refractivity contribution in [3.63, 3.8) is 0 Å². The molecule has 1 saturated carbocycles. The van der Waals surface area contributed by atoms with Crippen LogP contribution in [-0.4, -0.2) is 59.3 Å². The Morgan fingerprint density at radius 3 is 2.90 bits per heavy atom. The summed E-state index contributed by atoms with van der Waals surface area (Å²) in [7, 11) is 1.82. The van der Waals surface area contributed by atoms with Crippen LogP contribution in [0.2, 0.25) is 0 Å². The number of aromatic amines is 1. The Kier molecular flexibility index (Phi) is 6.33. The van der Waals surface area contributed by atoms with Crippen molar-refractivity contribution in [1.82, 2.24) is 19.9 Å². The van der Waals surface area contributed by atoms with E-state index in [0.29, 0.717) is 12.0 Å². The Morgan fingerprint density at radius 2 is 2.14 bits per heavy atom. The van der Waals surface area contributed by atoms with Gasteiger partial charge in [0.2, 0.25) is 0 Å². The molecule has 156 valence electrons. The van der Waals surface area contributed by atoms with Crippen molar-refractivity contribution in [3.8, 4) is 0 Å². The van der Waals surface area contributed by atoms with Crippen LogP contribution in [0.1, 0.15) is 49.1 Å². The average Bonchev–Trinajstić information content (AvgIpc) is 2.96. The molecule has 29 heavy (non-hydrogen) atoms. The topological polar surface area (TPSA) is 70.4 Å². The molecular formula is C23H33N5O. The van der Waals surface area contributed by atoms with Gasteiger partial charge in [-0.25, -0.2) is 10.8 Å². The van der Waals surface area contributed by atoms with E-state index in [2.05, 4.69) is 28.7 Å². The zero-order valence-electron chi connectivity index (χ0n) is 17.4. The number of nitrogens with two attached hydrogens (primary N) is 1. The number of hydrogen-bond acceptors (Lipinski definition) is 5. The highest BCUT2D eigenvalue weighted by Crippen LogP contribution is 2.36. The largest absolute Gasteiger partial charge is 0.380 e. The number of H-pyrrole nitrogens is 1. The van der Waals surface area contributed by atoms with Crippen LogP contribution in [-0.2, 0) is 4.74 Å². The molecule has 1 saturated heterocycles. The van der Waals surface area contributed by atoms with E-state index in [1.165, 1.54) is 37.8 Å². The first-order chi connectivity index (χ1) is 14.2. The number of ether oxygens (including phenoxy) is 1. The fraction of sp³-hybridized carbons (Fsp3) is 0.522. The van der Waals surface area contributed by atoms with Crippen LogP contribution in [0.3, 0.4) is 0 Å². The number of nitrogens with zero attached hydrogens (tertiary/aromatic N) is 3. The molecule has 4 rings (SSSR count). The summed E-state index contributed by atoms with van der Waals surface area (Å²) >= 11 is 0. The summed E-state index contributed by atoms with van der Waals surface area (Å²) in [5, 5.41) is 2.70. The molecule has 2 aromatic rings. The van der Waals surface area contributed by atoms with Gasteiger partial charge in [0.1, 0.15) is 5.65 Å². The molecule has 0 atom stereocenters. The molecule has 6 nitrogen and oxygen atoms in total. The normalized spacial score (nSPS) is 24.4. The van der Waals surface area contributed by atoms with Gasteiger partial charge in [-0.2, -0.15) is 0 Å². The van der Waals surface area contributed by atoms with E-state index in [1.54, 1.807) is 5.01 Å². The Balaban J connectivity index is 1.50. The van der Waals surface area contributed by atoms with E-state index in [9.17, 15) is 0 Å². The summed E-state index contributed by atoms with van der Waals surface area (Å²) in [5.74, 6) is 6.41. The lowest BCUT2D eigenvalue weighted by Crippen LogP contribution is -2.39. The lowest BCUT2D eigenvalue weighted by Gasteiger charge is -2.36. The van der Waals surface area contributed by atoms with Gasteiger partial charge < -0.3 is 14.7 Å². The third kappa shape index (κ3) is 4.55. The van der Waals surface area contributed by atoms with Crippen LogP contribution >= 0.6 is 0 Å². The van der Waals surface area contributed by atoms with E-state index in [0.717, 1.165) is 48.3 Å². The first kappa shape index (κ1) is 20.1. The molecule has 3 heterocycles. The fourth-order valence-electron chi connectivity index (χ4n) is 4.84. The molecule has 1 aliphatic heterocycles. The minimum absolute atomic E-state index is 0.586. The minimum Gasteiger partial charge on any atom is -0.380 e. The molecule has 2 fully saturated rings. The standard InChI is InChI=1S/C23H33N5O/c1-3-17(16-27(2)24)22-15-26-23-21(22)13-19(14-25-23)18-5-7-20(8-6-18)28-9-4-11-29-12-10-28/h3,13-16,18,20H,1,4-12,24H2,2H3,(H,25,26)/b17-16+. The van der Waals surface area contributed by atoms with Gasteiger partial charge in [0.05, 0.1) is 6.61 Å². The molecule has 0 aromatic carbocycles. The molecule has 2 aliphatic rings. The fourth-order valence-corrected chi connectivity index (χ4v) is 4.84. The van der Waals surface area contributed by atoms with E-state index in [1.807, 2.05) is 25.5 Å². The van der Waals surface area contributed by atoms with Gasteiger partial charge in [-0.3, -0.25) is 4.90 Å². The molecule has 0 amide bonds. The van der Waals surface area contributed by atoms with Crippen LogP contribution in [0.15, 0.2) is 37.3 Å². The van der Waals surface area contributed by atoms with E-state index < -0.39 is 0 Å². The van der Waals surface area contributed by atoms with Crippen LogP contribution in [0.5, 0.6) is 0 Å². The number of fused-ring (bicyclic) bond motifs is 1. The van der Waals surface area contributed by atoms with Crippen molar-refractivity contribution in [2.24, 2.45) is 5.84 Å². The minimum atomic E-state index is 0.586. The quantitative estimate of drug-likeness (QED) is 0.459. The first-order valence-electron chi connectivity index (χ1n) is 10.8. The molecule has 6 heteroatoms. The van der Waals surface area contributed by atoms with Gasteiger partial charge in [-0.05, 0) is 49.7 Å². The summed E-state index contributed by atoms with van der Waals surface area (Å²) in [5.41, 5.74) is 4.35. The number of pyridine rings is 1. The first-order valence-corrected chi connectivity index (χ1v) is 10.8. The molecule has 1 aliphatic carbocycles. The second-order valence-electron chi connectivity index (χ2n) is 8.33. The van der Waals surface area contributed by atoms with Crippen LogP contribution in [0.25, 0.3) is 16.6 Å². The van der Waals surface area contributed by atoms with Gasteiger partial charge in [0.25, 0.3) is 0 Å². The van der Waals surface area contributed by atoms with Gasteiger partial charge in [-0.1, -0.05) is 12.7 Å². The maximum atomic E-state index is 5.82. The van der Waals surface area contributed by atoms with Crippen LogP contribution in [0, 0.1) is 0 Å². The predicted molar refractivity (Wildman–Crippen MR) is 118 cm³/mol. The zero-order chi connectivity index (χ0) is 20.2. The van der Waals surface area contributed by atoms with Crippen molar-refractivity contribution in [2.45, 2.75) is 44.1 Å². The second-order valence-corrected chi connectivity index (χ2v) is 8.33. The lowest BCUT2D eigenvalue weighted by atomic mass is 9.81. The second kappa shape index (κ2) is 9.11. The van der Waals surface area contributed by atoms with Gasteiger partial charge in [0.15, 0.2) is 0 Å². The summed E-state index contributed by atoms with van der Waals surface area (Å²) in [6.45, 7) is 8.01. The number of rotatable bonds is 5. The summed E-state index contributed by atoms with van der Waals surface area (Å²) < 4.78 is 5.63. The molecular weight excluding hydrogens is 362 g/mol. The highest BCUT2D eigenvalue weighted by atomic mass is 16.5. The van der Waals surface area contributed by atoms with Crippen molar-refractivity contribution >= 4 is 16.6 Å². The molecule has 3 N–H and O–H groups in total. The summed E-state index contributed by atoms with van der Waals surface area (Å²) in [6, 6.07) is 3.02. The average molecular weight is 396 g/mol. The SMILES string of the molecule is C=C/C(=C\N(C)N)c1c[nH]c2ncc(C3CCC(N4CCCOCC4)CC3)cc12. The van der Waals surface area contributed by atoms with Crippen LogP contribution in [0.4, 0.5) is 0 Å². The van der Waals surface area contributed by atoms with Crippen molar-refractivity contribution in [2.75, 3.05) is 33.4 Å². The number of aromatic nitrogens is 2. The molecule has 0 radical (unpaired) electrons. The third-order valence-corrected chi connectivity index (χ3v) is 6.37. The van der Waals surface area contributed by atoms with Crippen LogP contribution < -0.4 is 5.84 Å². The maximum absolute atomic E-state index is 5.82. The number of allylic oxidation sites excluding steroid dienone is 2. The summed E-state index contributed by atoms with van der Waals surface area (Å²) in [4.78, 5) is 10.6. The van der Waals surface area contributed by atoms with Crippen molar-refractivity contribution < 1.29 is 4.74 Å². The zero-order valence-corrected chi connectivity index (χ0v) is 17.4. The van der Waals surface area contributed by atoms with Gasteiger partial charge in [-0.15, -0.1) is 0 Å². The third-order valence-electron chi connectivity index (χ3n) is 6.37. The number of nitrogens with one attached hydrogen (secondary N) is 1. The van der Waals surface area contributed by atoms with Crippen molar-refractivity contribution in [1.29, 1.82) is 0 Å². The van der Waals surface area contributed by atoms with Gasteiger partial charge in [0, 0.05) is 67.9 Å². The Morgan fingerprint density at radius 1 is 1.31 bits per heavy atom. The monoisotopic (exact) mass is 395 g/mol. The summed E-state index contributed by atoms with van der Waals surface area (Å²) in [6.07, 6.45) is 13.9.